The van der Waals surface area contributed by atoms with E-state index in [2.05, 4.69) is 5.32 Å². The number of carbonyl (C=O) groups excluding carboxylic acids is 1. The molecule has 0 spiro atoms. The molecule has 130 valence electrons. The first-order valence-corrected chi connectivity index (χ1v) is 7.94. The van der Waals surface area contributed by atoms with E-state index in [-0.39, 0.29) is 12.5 Å². The molecule has 2 heterocycles. The predicted molar refractivity (Wildman–Crippen MR) is 93.2 cm³/mol. The molecule has 25 heavy (non-hydrogen) atoms. The Bertz CT molecular complexity index is 745. The van der Waals surface area contributed by atoms with Gasteiger partial charge < -0.3 is 18.9 Å². The SMILES string of the molecule is COc1ccccc1NC(=O)CN(Cc1ccco1)Cc1ccco1. The maximum atomic E-state index is 12.5. The number of carbonyl (C=O) groups is 1. The lowest BCUT2D eigenvalue weighted by molar-refractivity contribution is -0.117. The van der Waals surface area contributed by atoms with Crippen LogP contribution in [0.25, 0.3) is 0 Å². The van der Waals surface area contributed by atoms with E-state index in [4.69, 9.17) is 13.6 Å². The van der Waals surface area contributed by atoms with Crippen molar-refractivity contribution in [3.63, 3.8) is 0 Å². The molecule has 0 bridgehead atoms. The minimum Gasteiger partial charge on any atom is -0.495 e. The van der Waals surface area contributed by atoms with Gasteiger partial charge in [0.1, 0.15) is 17.3 Å². The van der Waals surface area contributed by atoms with E-state index in [1.54, 1.807) is 31.8 Å². The summed E-state index contributed by atoms with van der Waals surface area (Å²) < 4.78 is 16.1. The Morgan fingerprint density at radius 3 is 2.20 bits per heavy atom. The lowest BCUT2D eigenvalue weighted by atomic mass is 10.3. The molecule has 3 rings (SSSR count). The Balaban J connectivity index is 1.67. The molecule has 1 aromatic carbocycles. The molecule has 0 radical (unpaired) electrons. The average molecular weight is 340 g/mol. The summed E-state index contributed by atoms with van der Waals surface area (Å²) in [5.74, 6) is 2.07. The summed E-state index contributed by atoms with van der Waals surface area (Å²) in [6.07, 6.45) is 3.24. The van der Waals surface area contributed by atoms with Crippen LogP contribution in [0.15, 0.2) is 69.9 Å². The molecule has 0 aliphatic rings. The first-order chi connectivity index (χ1) is 12.2. The second kappa shape index (κ2) is 8.21. The van der Waals surface area contributed by atoms with Gasteiger partial charge in [0, 0.05) is 0 Å². The van der Waals surface area contributed by atoms with Crippen molar-refractivity contribution in [2.75, 3.05) is 19.0 Å². The number of rotatable bonds is 8. The number of methoxy groups -OCH3 is 1. The molecular formula is C19H20N2O4. The molecule has 0 aliphatic carbocycles. The summed E-state index contributed by atoms with van der Waals surface area (Å²) >= 11 is 0. The standard InChI is InChI=1S/C19H20N2O4/c1-23-18-9-3-2-8-17(18)20-19(22)14-21(12-15-6-4-10-24-15)13-16-7-5-11-25-16/h2-11H,12-14H2,1H3,(H,20,22). The van der Waals surface area contributed by atoms with Crippen LogP contribution in [0.2, 0.25) is 0 Å². The third-order valence-electron chi connectivity index (χ3n) is 3.67. The summed E-state index contributed by atoms with van der Waals surface area (Å²) in [5, 5.41) is 2.88. The third kappa shape index (κ3) is 4.74. The fourth-order valence-electron chi connectivity index (χ4n) is 2.55. The van der Waals surface area contributed by atoms with Gasteiger partial charge in [0.15, 0.2) is 0 Å². The highest BCUT2D eigenvalue weighted by molar-refractivity contribution is 5.93. The van der Waals surface area contributed by atoms with Crippen molar-refractivity contribution in [2.45, 2.75) is 13.1 Å². The second-order valence-corrected chi connectivity index (χ2v) is 5.55. The van der Waals surface area contributed by atoms with E-state index in [1.807, 2.05) is 41.3 Å². The predicted octanol–water partition coefficient (Wildman–Crippen LogP) is 3.52. The number of ether oxygens (including phenoxy) is 1. The van der Waals surface area contributed by atoms with Crippen LogP contribution in [-0.2, 0) is 17.9 Å². The maximum Gasteiger partial charge on any atom is 0.238 e. The minimum absolute atomic E-state index is 0.136. The lowest BCUT2D eigenvalue weighted by Gasteiger charge is -2.20. The van der Waals surface area contributed by atoms with E-state index in [1.165, 1.54) is 0 Å². The van der Waals surface area contributed by atoms with Crippen LogP contribution < -0.4 is 10.1 Å². The number of hydrogen-bond acceptors (Lipinski definition) is 5. The van der Waals surface area contributed by atoms with Crippen molar-refractivity contribution in [2.24, 2.45) is 0 Å². The van der Waals surface area contributed by atoms with Gasteiger partial charge in [-0.3, -0.25) is 9.69 Å². The molecule has 0 unspecified atom stereocenters. The highest BCUT2D eigenvalue weighted by Gasteiger charge is 2.16. The van der Waals surface area contributed by atoms with Gasteiger partial charge in [0.05, 0.1) is 45.0 Å². The van der Waals surface area contributed by atoms with Crippen molar-refractivity contribution in [1.82, 2.24) is 4.90 Å². The molecule has 1 N–H and O–H groups in total. The minimum atomic E-state index is -0.136. The fourth-order valence-corrected chi connectivity index (χ4v) is 2.55. The van der Waals surface area contributed by atoms with E-state index in [0.29, 0.717) is 24.5 Å². The molecule has 0 aliphatic heterocycles. The molecule has 1 amide bonds. The van der Waals surface area contributed by atoms with Crippen LogP contribution in [0.3, 0.4) is 0 Å². The summed E-state index contributed by atoms with van der Waals surface area (Å²) in [6.45, 7) is 1.21. The van der Waals surface area contributed by atoms with E-state index < -0.39 is 0 Å². The van der Waals surface area contributed by atoms with Crippen LogP contribution in [0, 0.1) is 0 Å². The van der Waals surface area contributed by atoms with Crippen LogP contribution in [-0.4, -0.2) is 24.5 Å². The lowest BCUT2D eigenvalue weighted by Crippen LogP contribution is -2.32. The van der Waals surface area contributed by atoms with E-state index in [0.717, 1.165) is 11.5 Å². The normalized spacial score (nSPS) is 10.8. The van der Waals surface area contributed by atoms with Gasteiger partial charge >= 0.3 is 0 Å². The topological polar surface area (TPSA) is 67.8 Å². The summed E-state index contributed by atoms with van der Waals surface area (Å²) in [7, 11) is 1.57. The molecule has 6 heteroatoms. The number of para-hydroxylation sites is 2. The zero-order valence-electron chi connectivity index (χ0n) is 14.0. The summed E-state index contributed by atoms with van der Waals surface area (Å²) in [5.41, 5.74) is 0.644. The highest BCUT2D eigenvalue weighted by atomic mass is 16.5. The number of furan rings is 2. The smallest absolute Gasteiger partial charge is 0.238 e. The molecule has 3 aromatic rings. The Hall–Kier alpha value is -2.99. The largest absolute Gasteiger partial charge is 0.495 e. The van der Waals surface area contributed by atoms with Crippen molar-refractivity contribution in [1.29, 1.82) is 0 Å². The number of amides is 1. The quantitative estimate of drug-likeness (QED) is 0.679. The highest BCUT2D eigenvalue weighted by Crippen LogP contribution is 2.23. The molecular weight excluding hydrogens is 320 g/mol. The first-order valence-electron chi connectivity index (χ1n) is 7.94. The molecule has 2 aromatic heterocycles. The second-order valence-electron chi connectivity index (χ2n) is 5.55. The van der Waals surface area contributed by atoms with Gasteiger partial charge in [-0.25, -0.2) is 0 Å². The fraction of sp³-hybridized carbons (Fsp3) is 0.211. The van der Waals surface area contributed by atoms with Crippen molar-refractivity contribution < 1.29 is 18.4 Å². The molecule has 0 saturated heterocycles. The first kappa shape index (κ1) is 16.9. The van der Waals surface area contributed by atoms with Crippen molar-refractivity contribution in [3.05, 3.63) is 72.6 Å². The van der Waals surface area contributed by atoms with Gasteiger partial charge in [-0.1, -0.05) is 12.1 Å². The van der Waals surface area contributed by atoms with Crippen LogP contribution >= 0.6 is 0 Å². The van der Waals surface area contributed by atoms with Gasteiger partial charge in [0.2, 0.25) is 5.91 Å². The van der Waals surface area contributed by atoms with Crippen LogP contribution in [0.4, 0.5) is 5.69 Å². The van der Waals surface area contributed by atoms with Crippen molar-refractivity contribution in [3.8, 4) is 5.75 Å². The molecule has 6 nitrogen and oxygen atoms in total. The maximum absolute atomic E-state index is 12.5. The van der Waals surface area contributed by atoms with E-state index >= 15 is 0 Å². The third-order valence-corrected chi connectivity index (χ3v) is 3.67. The zero-order chi connectivity index (χ0) is 17.5. The van der Waals surface area contributed by atoms with E-state index in [9.17, 15) is 4.79 Å². The Kier molecular flexibility index (Phi) is 5.53. The van der Waals surface area contributed by atoms with Crippen LogP contribution in [0.5, 0.6) is 5.75 Å². The Labute approximate surface area is 146 Å². The number of nitrogens with zero attached hydrogens (tertiary/aromatic N) is 1. The van der Waals surface area contributed by atoms with Crippen LogP contribution in [0.1, 0.15) is 11.5 Å². The molecule has 0 saturated carbocycles. The molecule has 0 atom stereocenters. The monoisotopic (exact) mass is 340 g/mol. The number of benzene rings is 1. The number of hydrogen-bond donors (Lipinski definition) is 1. The summed E-state index contributed by atoms with van der Waals surface area (Å²) in [4.78, 5) is 14.4. The molecule has 0 fully saturated rings. The number of nitrogens with one attached hydrogen (secondary N) is 1. The van der Waals surface area contributed by atoms with Gasteiger partial charge in [-0.15, -0.1) is 0 Å². The number of anilines is 1. The Morgan fingerprint density at radius 2 is 1.64 bits per heavy atom. The van der Waals surface area contributed by atoms with Crippen molar-refractivity contribution >= 4 is 11.6 Å². The van der Waals surface area contributed by atoms with Gasteiger partial charge in [0.25, 0.3) is 0 Å². The summed E-state index contributed by atoms with van der Waals surface area (Å²) in [6, 6.07) is 14.7. The van der Waals surface area contributed by atoms with Gasteiger partial charge in [-0.05, 0) is 36.4 Å². The zero-order valence-corrected chi connectivity index (χ0v) is 14.0. The Morgan fingerprint density at radius 1 is 1.00 bits per heavy atom. The van der Waals surface area contributed by atoms with Gasteiger partial charge in [-0.2, -0.15) is 0 Å². The average Bonchev–Trinajstić information content (AvgIpc) is 3.29.